The first-order chi connectivity index (χ1) is 15.5. The van der Waals surface area contributed by atoms with E-state index >= 15 is 0 Å². The molecular formula is C24H28F3N3O3. The van der Waals surface area contributed by atoms with Crippen LogP contribution in [0.1, 0.15) is 56.9 Å². The topological polar surface area (TPSA) is 67.6 Å². The van der Waals surface area contributed by atoms with Gasteiger partial charge in [0.2, 0.25) is 0 Å². The third kappa shape index (κ3) is 4.38. The third-order valence-corrected chi connectivity index (χ3v) is 6.35. The summed E-state index contributed by atoms with van der Waals surface area (Å²) in [5.41, 5.74) is 0.152. The smallest absolute Gasteiger partial charge is 0.418 e. The summed E-state index contributed by atoms with van der Waals surface area (Å²) in [6, 6.07) is 5.30. The number of likely N-dealkylation sites (tertiary alicyclic amines) is 1. The van der Waals surface area contributed by atoms with Crippen LogP contribution >= 0.6 is 0 Å². The molecule has 1 spiro atoms. The molecule has 0 radical (unpaired) electrons. The fourth-order valence-corrected chi connectivity index (χ4v) is 4.62. The second kappa shape index (κ2) is 8.20. The monoisotopic (exact) mass is 463 g/mol. The van der Waals surface area contributed by atoms with Crippen molar-refractivity contribution in [1.82, 2.24) is 14.7 Å². The second-order valence-electron chi connectivity index (χ2n) is 9.67. The molecule has 2 heterocycles. The van der Waals surface area contributed by atoms with Gasteiger partial charge in [0.15, 0.2) is 0 Å². The van der Waals surface area contributed by atoms with Gasteiger partial charge in [0.1, 0.15) is 5.60 Å². The SMILES string of the molecule is CC(C)(C)OC(=O)N1CCC2(CC=C2c2c(CO)cnn2-c2ccccc2C(F)(F)F)CC1. The van der Waals surface area contributed by atoms with Crippen molar-refractivity contribution in [2.45, 2.75) is 58.4 Å². The number of allylic oxidation sites excluding steroid dienone is 2. The predicted octanol–water partition coefficient (Wildman–Crippen LogP) is 5.19. The molecular weight excluding hydrogens is 435 g/mol. The van der Waals surface area contributed by atoms with Crippen molar-refractivity contribution in [2.24, 2.45) is 5.41 Å². The number of aliphatic hydroxyl groups excluding tert-OH is 1. The Balaban J connectivity index is 1.64. The molecule has 1 aromatic heterocycles. The average molecular weight is 464 g/mol. The lowest BCUT2D eigenvalue weighted by Gasteiger charge is -2.48. The molecule has 1 aromatic carbocycles. The van der Waals surface area contributed by atoms with E-state index in [4.69, 9.17) is 4.74 Å². The van der Waals surface area contributed by atoms with Gasteiger partial charge in [-0.3, -0.25) is 0 Å². The number of carbonyl (C=O) groups excluding carboxylic acids is 1. The Hall–Kier alpha value is -2.81. The molecule has 4 rings (SSSR count). The summed E-state index contributed by atoms with van der Waals surface area (Å²) >= 11 is 0. The number of alkyl halides is 3. The summed E-state index contributed by atoms with van der Waals surface area (Å²) in [5.74, 6) is 0. The lowest BCUT2D eigenvalue weighted by molar-refractivity contribution is -0.137. The number of halogens is 3. The number of nitrogens with zero attached hydrogens (tertiary/aromatic N) is 3. The van der Waals surface area contributed by atoms with Gasteiger partial charge < -0.3 is 14.7 Å². The number of rotatable bonds is 3. The summed E-state index contributed by atoms with van der Waals surface area (Å²) in [7, 11) is 0. The zero-order valence-corrected chi connectivity index (χ0v) is 18.9. The molecule has 1 fully saturated rings. The van der Waals surface area contributed by atoms with E-state index in [0.29, 0.717) is 37.2 Å². The van der Waals surface area contributed by atoms with Crippen LogP contribution in [0, 0.1) is 5.41 Å². The van der Waals surface area contributed by atoms with Crippen LogP contribution in [0.25, 0.3) is 11.3 Å². The maximum absolute atomic E-state index is 13.7. The molecule has 178 valence electrons. The molecule has 2 aliphatic rings. The fraction of sp³-hybridized carbons (Fsp3) is 0.500. The van der Waals surface area contributed by atoms with Crippen LogP contribution in [0.4, 0.5) is 18.0 Å². The molecule has 0 unspecified atom stereocenters. The van der Waals surface area contributed by atoms with Crippen LogP contribution in [0.15, 0.2) is 36.5 Å². The number of hydrogen-bond acceptors (Lipinski definition) is 4. The molecule has 0 bridgehead atoms. The van der Waals surface area contributed by atoms with Gasteiger partial charge in [0.25, 0.3) is 0 Å². The largest absolute Gasteiger partial charge is 0.444 e. The number of benzene rings is 1. The predicted molar refractivity (Wildman–Crippen MR) is 117 cm³/mol. The van der Waals surface area contributed by atoms with Gasteiger partial charge in [0.05, 0.1) is 29.7 Å². The van der Waals surface area contributed by atoms with Gasteiger partial charge in [-0.25, -0.2) is 9.48 Å². The molecule has 2 aromatic rings. The van der Waals surface area contributed by atoms with Crippen molar-refractivity contribution in [1.29, 1.82) is 0 Å². The molecule has 1 amide bonds. The highest BCUT2D eigenvalue weighted by molar-refractivity contribution is 5.77. The van der Waals surface area contributed by atoms with Crippen molar-refractivity contribution in [2.75, 3.05) is 13.1 Å². The minimum Gasteiger partial charge on any atom is -0.444 e. The molecule has 1 saturated heterocycles. The van der Waals surface area contributed by atoms with E-state index in [1.807, 2.05) is 26.8 Å². The van der Waals surface area contributed by atoms with E-state index in [-0.39, 0.29) is 23.8 Å². The van der Waals surface area contributed by atoms with Gasteiger partial charge in [-0.15, -0.1) is 0 Å². The number of ether oxygens (including phenoxy) is 1. The highest BCUT2D eigenvalue weighted by atomic mass is 19.4. The molecule has 9 heteroatoms. The van der Waals surface area contributed by atoms with Gasteiger partial charge in [-0.1, -0.05) is 18.2 Å². The Bertz CT molecular complexity index is 1070. The van der Waals surface area contributed by atoms with Crippen LogP contribution in [-0.4, -0.2) is 44.6 Å². The molecule has 1 N–H and O–H groups in total. The van der Waals surface area contributed by atoms with Gasteiger partial charge in [-0.05, 0) is 57.7 Å². The van der Waals surface area contributed by atoms with Crippen molar-refractivity contribution in [3.05, 3.63) is 53.4 Å². The van der Waals surface area contributed by atoms with E-state index in [1.165, 1.54) is 23.0 Å². The van der Waals surface area contributed by atoms with Gasteiger partial charge in [-0.2, -0.15) is 18.3 Å². The zero-order chi connectivity index (χ0) is 24.0. The Labute approximate surface area is 190 Å². The Morgan fingerprint density at radius 1 is 1.18 bits per heavy atom. The minimum atomic E-state index is -4.54. The molecule has 6 nitrogen and oxygen atoms in total. The first-order valence-corrected chi connectivity index (χ1v) is 11.0. The lowest BCUT2D eigenvalue weighted by Crippen LogP contribution is -2.47. The highest BCUT2D eigenvalue weighted by Gasteiger charge is 2.46. The standard InChI is InChI=1S/C24H28F3N3O3/c1-22(2,3)33-21(32)29-12-10-23(11-13-29)9-8-18(23)20-16(15-31)14-28-30(20)19-7-5-4-6-17(19)24(25,26)27/h4-8,14,31H,9-13,15H2,1-3H3. The van der Waals surface area contributed by atoms with Crippen molar-refractivity contribution < 1.29 is 27.8 Å². The number of aromatic nitrogens is 2. The maximum atomic E-state index is 13.7. The molecule has 0 atom stereocenters. The summed E-state index contributed by atoms with van der Waals surface area (Å²) in [5, 5.41) is 14.1. The van der Waals surface area contributed by atoms with Crippen LogP contribution < -0.4 is 0 Å². The van der Waals surface area contributed by atoms with Gasteiger partial charge in [0, 0.05) is 24.1 Å². The number of amides is 1. The molecule has 1 aliphatic heterocycles. The maximum Gasteiger partial charge on any atom is 0.418 e. The number of para-hydroxylation sites is 1. The Kier molecular flexibility index (Phi) is 5.80. The van der Waals surface area contributed by atoms with Crippen molar-refractivity contribution in [3.8, 4) is 5.69 Å². The summed E-state index contributed by atoms with van der Waals surface area (Å²) in [4.78, 5) is 14.1. The number of piperidine rings is 1. The highest BCUT2D eigenvalue weighted by Crippen LogP contribution is 2.55. The van der Waals surface area contributed by atoms with Crippen LogP contribution in [-0.2, 0) is 17.5 Å². The van der Waals surface area contributed by atoms with Crippen LogP contribution in [0.2, 0.25) is 0 Å². The summed E-state index contributed by atoms with van der Waals surface area (Å²) < 4.78 is 47.8. The Morgan fingerprint density at radius 3 is 2.39 bits per heavy atom. The first-order valence-electron chi connectivity index (χ1n) is 11.0. The van der Waals surface area contributed by atoms with Gasteiger partial charge >= 0.3 is 12.3 Å². The number of hydrogen-bond donors (Lipinski definition) is 1. The summed E-state index contributed by atoms with van der Waals surface area (Å²) in [6.07, 6.45) is 0.606. The normalized spacial score (nSPS) is 18.2. The first kappa shape index (κ1) is 23.4. The van der Waals surface area contributed by atoms with E-state index in [0.717, 1.165) is 18.1 Å². The zero-order valence-electron chi connectivity index (χ0n) is 18.9. The third-order valence-electron chi connectivity index (χ3n) is 6.35. The Morgan fingerprint density at radius 2 is 1.85 bits per heavy atom. The molecule has 33 heavy (non-hydrogen) atoms. The van der Waals surface area contributed by atoms with Crippen molar-refractivity contribution in [3.63, 3.8) is 0 Å². The average Bonchev–Trinajstić information content (AvgIpc) is 3.14. The van der Waals surface area contributed by atoms with E-state index in [1.54, 1.807) is 11.0 Å². The van der Waals surface area contributed by atoms with Crippen LogP contribution in [0.5, 0.6) is 0 Å². The van der Waals surface area contributed by atoms with E-state index in [2.05, 4.69) is 5.10 Å². The second-order valence-corrected chi connectivity index (χ2v) is 9.67. The van der Waals surface area contributed by atoms with Crippen molar-refractivity contribution >= 4 is 11.7 Å². The van der Waals surface area contributed by atoms with E-state index in [9.17, 15) is 23.1 Å². The summed E-state index contributed by atoms with van der Waals surface area (Å²) in [6.45, 7) is 6.11. The fourth-order valence-electron chi connectivity index (χ4n) is 4.62. The van der Waals surface area contributed by atoms with Crippen LogP contribution in [0.3, 0.4) is 0 Å². The van der Waals surface area contributed by atoms with E-state index < -0.39 is 17.3 Å². The lowest BCUT2D eigenvalue weighted by atomic mass is 9.61. The number of carbonyl (C=O) groups is 1. The minimum absolute atomic E-state index is 0.0751. The quantitative estimate of drug-likeness (QED) is 0.681. The molecule has 0 saturated carbocycles. The number of aliphatic hydroxyl groups is 1. The molecule has 1 aliphatic carbocycles.